The van der Waals surface area contributed by atoms with Crippen LogP contribution in [0.5, 0.6) is 11.5 Å². The van der Waals surface area contributed by atoms with Crippen LogP contribution in [0.25, 0.3) is 32.8 Å². The van der Waals surface area contributed by atoms with Crippen LogP contribution < -0.4 is 9.30 Å². The second-order valence-electron chi connectivity index (χ2n) is 7.62. The quantitative estimate of drug-likeness (QED) is 0.349. The fourth-order valence-electron chi connectivity index (χ4n) is 5.17. The van der Waals surface area contributed by atoms with E-state index in [1.165, 1.54) is 33.0 Å². The monoisotopic (exact) mass is 366 g/mol. The van der Waals surface area contributed by atoms with Gasteiger partial charge in [0, 0.05) is 12.7 Å². The topological polar surface area (TPSA) is 33.3 Å². The molecule has 3 heteroatoms. The molecule has 0 radical (unpaired) electrons. The normalized spacial score (nSPS) is 18.9. The minimum atomic E-state index is 0.0869. The van der Waals surface area contributed by atoms with E-state index < -0.39 is 0 Å². The first-order valence-corrected chi connectivity index (χ1v) is 9.76. The number of rotatable bonds is 3. The van der Waals surface area contributed by atoms with Crippen molar-refractivity contribution in [3.8, 4) is 22.8 Å². The van der Waals surface area contributed by atoms with Gasteiger partial charge in [0.1, 0.15) is 11.5 Å². The fraction of sp³-hybridized carbons (Fsp3) is 0.160. The van der Waals surface area contributed by atoms with Gasteiger partial charge in [-0.3, -0.25) is 0 Å². The van der Waals surface area contributed by atoms with Crippen molar-refractivity contribution in [2.45, 2.75) is 18.4 Å². The Labute approximate surface area is 163 Å². The van der Waals surface area contributed by atoms with E-state index in [2.05, 4.69) is 59.8 Å². The molecule has 0 fully saturated rings. The summed E-state index contributed by atoms with van der Waals surface area (Å²) in [6, 6.07) is 19.1. The Balaban J connectivity index is 1.85. The van der Waals surface area contributed by atoms with Crippen LogP contribution in [-0.2, 0) is 0 Å². The van der Waals surface area contributed by atoms with Crippen molar-refractivity contribution in [3.05, 3.63) is 79.0 Å². The third kappa shape index (κ3) is 1.89. The number of fused-ring (bicyclic) bond motifs is 2. The molecule has 0 spiro atoms. The molecule has 2 aliphatic heterocycles. The van der Waals surface area contributed by atoms with E-state index in [0.717, 1.165) is 16.9 Å². The molecule has 0 saturated heterocycles. The van der Waals surface area contributed by atoms with Gasteiger partial charge in [0.2, 0.25) is 5.69 Å². The number of pyridine rings is 1. The highest BCUT2D eigenvalue weighted by Gasteiger charge is 2.44. The van der Waals surface area contributed by atoms with Crippen LogP contribution in [0.4, 0.5) is 0 Å². The highest BCUT2D eigenvalue weighted by molar-refractivity contribution is 6.05. The van der Waals surface area contributed by atoms with Crippen LogP contribution >= 0.6 is 0 Å². The smallest absolute Gasteiger partial charge is 0.228 e. The Bertz CT molecular complexity index is 1290. The average molecular weight is 366 g/mol. The molecular formula is C25H20NO2+. The molecule has 3 aromatic carbocycles. The van der Waals surface area contributed by atoms with Crippen molar-refractivity contribution in [3.63, 3.8) is 0 Å². The second-order valence-corrected chi connectivity index (χ2v) is 7.62. The maximum atomic E-state index is 9.86. The minimum absolute atomic E-state index is 0.0869. The Morgan fingerprint density at radius 2 is 1.89 bits per heavy atom. The summed E-state index contributed by atoms with van der Waals surface area (Å²) in [5, 5.41) is 14.6. The number of hydrogen-bond acceptors (Lipinski definition) is 2. The molecule has 1 aromatic heterocycles. The minimum Gasteiger partial charge on any atom is -0.456 e. The lowest BCUT2D eigenvalue weighted by Gasteiger charge is -2.33. The number of aliphatic hydroxyl groups excluding tert-OH is 1. The predicted octanol–water partition coefficient (Wildman–Crippen LogP) is 5.26. The number of ether oxygens (including phenoxy) is 1. The van der Waals surface area contributed by atoms with Gasteiger partial charge in [0.05, 0.1) is 16.9 Å². The van der Waals surface area contributed by atoms with Crippen molar-refractivity contribution >= 4 is 21.5 Å². The maximum absolute atomic E-state index is 9.86. The largest absolute Gasteiger partial charge is 0.456 e. The Kier molecular flexibility index (Phi) is 3.21. The van der Waals surface area contributed by atoms with Crippen LogP contribution in [-0.4, -0.2) is 11.7 Å². The van der Waals surface area contributed by atoms with E-state index in [1.807, 2.05) is 18.2 Å². The van der Waals surface area contributed by atoms with Gasteiger partial charge in [-0.2, -0.15) is 4.57 Å². The molecule has 136 valence electrons. The molecule has 4 aromatic rings. The average Bonchev–Trinajstić information content (AvgIpc) is 2.73. The third-order valence-electron chi connectivity index (χ3n) is 6.26. The first-order valence-electron chi connectivity index (χ1n) is 9.76. The Morgan fingerprint density at radius 3 is 2.75 bits per heavy atom. The molecule has 1 N–H and O–H groups in total. The standard InChI is InChI=1S/C25H20NO2/c1-2-19-18(11-13-27)23-17-8-4-3-6-16(17)14-21-24(23)25-22-15(10-12-26(19)25)7-5-9-20(22)28-21/h2-10,12,14,18-19,27H,1,11,13H2/q+1. The van der Waals surface area contributed by atoms with Crippen molar-refractivity contribution < 1.29 is 14.4 Å². The summed E-state index contributed by atoms with van der Waals surface area (Å²) in [4.78, 5) is 0. The number of benzene rings is 3. The fourth-order valence-corrected chi connectivity index (χ4v) is 5.17. The number of hydrogen-bond donors (Lipinski definition) is 1. The van der Waals surface area contributed by atoms with Gasteiger partial charge in [0.15, 0.2) is 12.2 Å². The van der Waals surface area contributed by atoms with Crippen LogP contribution in [0.15, 0.2) is 73.4 Å². The first kappa shape index (κ1) is 15.8. The van der Waals surface area contributed by atoms with E-state index >= 15 is 0 Å². The summed E-state index contributed by atoms with van der Waals surface area (Å²) in [7, 11) is 0. The molecule has 6 rings (SSSR count). The number of allylic oxidation sites excluding steroid dienone is 1. The van der Waals surface area contributed by atoms with Crippen LogP contribution in [0.1, 0.15) is 23.9 Å². The maximum Gasteiger partial charge on any atom is 0.228 e. The van der Waals surface area contributed by atoms with Gasteiger partial charge in [-0.15, -0.1) is 0 Å². The summed E-state index contributed by atoms with van der Waals surface area (Å²) in [5.74, 6) is 1.95. The zero-order valence-corrected chi connectivity index (χ0v) is 15.4. The Morgan fingerprint density at radius 1 is 1.04 bits per heavy atom. The molecule has 3 heterocycles. The number of nitrogens with zero attached hydrogens (tertiary/aromatic N) is 1. The highest BCUT2D eigenvalue weighted by atomic mass is 16.5. The summed E-state index contributed by atoms with van der Waals surface area (Å²) in [5.41, 5.74) is 3.64. The second kappa shape index (κ2) is 5.66. The predicted molar refractivity (Wildman–Crippen MR) is 111 cm³/mol. The van der Waals surface area contributed by atoms with Crippen molar-refractivity contribution in [2.75, 3.05) is 6.61 Å². The van der Waals surface area contributed by atoms with Crippen LogP contribution in [0.3, 0.4) is 0 Å². The van der Waals surface area contributed by atoms with Crippen LogP contribution in [0.2, 0.25) is 0 Å². The van der Waals surface area contributed by atoms with E-state index in [1.54, 1.807) is 0 Å². The molecule has 2 atom stereocenters. The lowest BCUT2D eigenvalue weighted by Crippen LogP contribution is -2.47. The summed E-state index contributed by atoms with van der Waals surface area (Å²) in [6.45, 7) is 4.29. The lowest BCUT2D eigenvalue weighted by atomic mass is 9.77. The van der Waals surface area contributed by atoms with Crippen molar-refractivity contribution in [1.29, 1.82) is 0 Å². The molecule has 0 aliphatic carbocycles. The molecule has 0 bridgehead atoms. The Hall–Kier alpha value is -3.17. The summed E-state index contributed by atoms with van der Waals surface area (Å²) < 4.78 is 8.74. The van der Waals surface area contributed by atoms with E-state index in [-0.39, 0.29) is 18.6 Å². The van der Waals surface area contributed by atoms with Crippen molar-refractivity contribution in [2.24, 2.45) is 0 Å². The summed E-state index contributed by atoms with van der Waals surface area (Å²) in [6.07, 6.45) is 4.86. The van der Waals surface area contributed by atoms with Gasteiger partial charge in [-0.1, -0.05) is 43.0 Å². The molecule has 3 nitrogen and oxygen atoms in total. The molecule has 0 amide bonds. The van der Waals surface area contributed by atoms with Gasteiger partial charge < -0.3 is 9.84 Å². The first-order chi connectivity index (χ1) is 13.8. The van der Waals surface area contributed by atoms with E-state index in [9.17, 15) is 5.11 Å². The zero-order chi connectivity index (χ0) is 18.8. The molecule has 28 heavy (non-hydrogen) atoms. The van der Waals surface area contributed by atoms with Crippen LogP contribution in [0, 0.1) is 0 Å². The molecule has 2 unspecified atom stereocenters. The molecular weight excluding hydrogens is 346 g/mol. The van der Waals surface area contributed by atoms with E-state index in [0.29, 0.717) is 6.42 Å². The summed E-state index contributed by atoms with van der Waals surface area (Å²) >= 11 is 0. The number of aromatic nitrogens is 1. The van der Waals surface area contributed by atoms with Gasteiger partial charge >= 0.3 is 0 Å². The van der Waals surface area contributed by atoms with Crippen molar-refractivity contribution in [1.82, 2.24) is 0 Å². The highest BCUT2D eigenvalue weighted by Crippen LogP contribution is 2.54. The molecule has 2 aliphatic rings. The van der Waals surface area contributed by atoms with Gasteiger partial charge in [-0.05, 0) is 46.4 Å². The SMILES string of the molecule is C=CC1C(CCO)c2c3c(cc4ccccc24)Oc2cccc4cc[n+]1c-3c24. The number of aliphatic hydroxyl groups is 1. The van der Waals surface area contributed by atoms with Gasteiger partial charge in [-0.25, -0.2) is 0 Å². The van der Waals surface area contributed by atoms with Gasteiger partial charge in [0.25, 0.3) is 0 Å². The lowest BCUT2D eigenvalue weighted by molar-refractivity contribution is -0.706. The van der Waals surface area contributed by atoms with E-state index in [4.69, 9.17) is 4.74 Å². The zero-order valence-electron chi connectivity index (χ0n) is 15.4. The third-order valence-corrected chi connectivity index (χ3v) is 6.26. The molecule has 0 saturated carbocycles.